The molecule has 0 unspecified atom stereocenters. The minimum atomic E-state index is -0.568. The second-order valence-electron chi connectivity index (χ2n) is 2.95. The molecule has 1 aromatic rings. The molecule has 3 heteroatoms. The zero-order valence-electron chi connectivity index (χ0n) is 6.94. The van der Waals surface area contributed by atoms with E-state index in [2.05, 4.69) is 15.9 Å². The molecule has 0 aliphatic carbocycles. The fraction of sp³-hybridized carbons (Fsp3) is 0.333. The number of benzene rings is 1. The summed E-state index contributed by atoms with van der Waals surface area (Å²) < 4.78 is 13.6. The van der Waals surface area contributed by atoms with Crippen molar-refractivity contribution in [2.24, 2.45) is 0 Å². The van der Waals surface area contributed by atoms with Crippen LogP contribution in [0.5, 0.6) is 5.75 Å². The van der Waals surface area contributed by atoms with Crippen molar-refractivity contribution in [2.75, 3.05) is 0 Å². The lowest BCUT2D eigenvalue weighted by Crippen LogP contribution is -1.92. The molecular weight excluding hydrogens is 223 g/mol. The zero-order chi connectivity index (χ0) is 9.30. The molecule has 1 rings (SSSR count). The number of phenolic OH excluding ortho intramolecular Hbond substituents is 1. The lowest BCUT2D eigenvalue weighted by Gasteiger charge is -2.10. The minimum Gasteiger partial charge on any atom is -0.505 e. The number of hydrogen-bond donors (Lipinski definition) is 1. The highest BCUT2D eigenvalue weighted by atomic mass is 79.9. The maximum atomic E-state index is 12.8. The normalized spacial score (nSPS) is 10.8. The quantitative estimate of drug-likeness (QED) is 0.787. The van der Waals surface area contributed by atoms with Crippen LogP contribution in [0.15, 0.2) is 16.6 Å². The van der Waals surface area contributed by atoms with Crippen molar-refractivity contribution in [3.63, 3.8) is 0 Å². The summed E-state index contributed by atoms with van der Waals surface area (Å²) in [5.41, 5.74) is 0.620. The third-order valence-corrected chi connectivity index (χ3v) is 2.38. The molecule has 0 amide bonds. The second-order valence-corrected chi connectivity index (χ2v) is 3.80. The van der Waals surface area contributed by atoms with E-state index in [0.717, 1.165) is 4.47 Å². The van der Waals surface area contributed by atoms with Crippen LogP contribution >= 0.6 is 15.9 Å². The predicted octanol–water partition coefficient (Wildman–Crippen LogP) is 3.42. The first-order chi connectivity index (χ1) is 5.54. The van der Waals surface area contributed by atoms with E-state index in [9.17, 15) is 9.50 Å². The summed E-state index contributed by atoms with van der Waals surface area (Å²) in [6.45, 7) is 3.80. The summed E-state index contributed by atoms with van der Waals surface area (Å²) in [4.78, 5) is 0. The van der Waals surface area contributed by atoms with Crippen LogP contribution in [0.1, 0.15) is 25.3 Å². The Kier molecular flexibility index (Phi) is 2.73. The van der Waals surface area contributed by atoms with E-state index >= 15 is 0 Å². The third-order valence-electron chi connectivity index (χ3n) is 1.69. The highest BCUT2D eigenvalue weighted by Gasteiger charge is 2.13. The standard InChI is InChI=1S/C9H10BrFO/c1-5(2)8-6(10)3-4-7(11)9(8)12/h3-5,12H,1-2H3. The Labute approximate surface area is 79.4 Å². The van der Waals surface area contributed by atoms with Gasteiger partial charge in [0.2, 0.25) is 0 Å². The Hall–Kier alpha value is -0.570. The first-order valence-corrected chi connectivity index (χ1v) is 4.50. The van der Waals surface area contributed by atoms with Gasteiger partial charge in [-0.25, -0.2) is 4.39 Å². The molecule has 0 aliphatic rings. The predicted molar refractivity (Wildman–Crippen MR) is 49.9 cm³/mol. The molecule has 0 aliphatic heterocycles. The van der Waals surface area contributed by atoms with Crippen LogP contribution in [0.4, 0.5) is 4.39 Å². The van der Waals surface area contributed by atoms with Crippen LogP contribution < -0.4 is 0 Å². The largest absolute Gasteiger partial charge is 0.505 e. The molecule has 0 aromatic heterocycles. The van der Waals surface area contributed by atoms with Crippen molar-refractivity contribution in [1.82, 2.24) is 0 Å². The van der Waals surface area contributed by atoms with Crippen LogP contribution in [-0.2, 0) is 0 Å². The monoisotopic (exact) mass is 232 g/mol. The Bertz CT molecular complexity index is 297. The van der Waals surface area contributed by atoms with Crippen molar-refractivity contribution < 1.29 is 9.50 Å². The molecule has 0 spiro atoms. The van der Waals surface area contributed by atoms with E-state index in [1.54, 1.807) is 6.07 Å². The summed E-state index contributed by atoms with van der Waals surface area (Å²) >= 11 is 3.26. The number of halogens is 2. The maximum absolute atomic E-state index is 12.8. The molecule has 0 atom stereocenters. The van der Waals surface area contributed by atoms with Gasteiger partial charge in [0.05, 0.1) is 0 Å². The molecular formula is C9H10BrFO. The summed E-state index contributed by atoms with van der Waals surface area (Å²) in [5, 5.41) is 9.34. The fourth-order valence-electron chi connectivity index (χ4n) is 1.11. The van der Waals surface area contributed by atoms with Gasteiger partial charge >= 0.3 is 0 Å². The maximum Gasteiger partial charge on any atom is 0.165 e. The molecule has 0 fully saturated rings. The van der Waals surface area contributed by atoms with Gasteiger partial charge in [-0.15, -0.1) is 0 Å². The van der Waals surface area contributed by atoms with Crippen LogP contribution in [0.2, 0.25) is 0 Å². The van der Waals surface area contributed by atoms with Gasteiger partial charge in [0.15, 0.2) is 11.6 Å². The summed E-state index contributed by atoms with van der Waals surface area (Å²) in [6.07, 6.45) is 0. The average molecular weight is 233 g/mol. The summed E-state index contributed by atoms with van der Waals surface area (Å²) in [5.74, 6) is -0.712. The first-order valence-electron chi connectivity index (χ1n) is 3.71. The van der Waals surface area contributed by atoms with Crippen LogP contribution in [0, 0.1) is 5.82 Å². The van der Waals surface area contributed by atoms with E-state index in [1.807, 2.05) is 13.8 Å². The molecule has 66 valence electrons. The van der Waals surface area contributed by atoms with Gasteiger partial charge in [-0.3, -0.25) is 0 Å². The van der Waals surface area contributed by atoms with Gasteiger partial charge in [0.25, 0.3) is 0 Å². The molecule has 1 aromatic carbocycles. The lowest BCUT2D eigenvalue weighted by atomic mass is 10.0. The van der Waals surface area contributed by atoms with E-state index in [1.165, 1.54) is 6.07 Å². The topological polar surface area (TPSA) is 20.2 Å². The van der Waals surface area contributed by atoms with E-state index in [-0.39, 0.29) is 11.7 Å². The Morgan fingerprint density at radius 3 is 2.42 bits per heavy atom. The fourth-order valence-corrected chi connectivity index (χ4v) is 1.88. The van der Waals surface area contributed by atoms with Gasteiger partial charge in [-0.05, 0) is 18.1 Å². The van der Waals surface area contributed by atoms with Crippen molar-refractivity contribution in [3.05, 3.63) is 28.0 Å². The molecule has 0 bridgehead atoms. The Morgan fingerprint density at radius 2 is 2.00 bits per heavy atom. The number of rotatable bonds is 1. The average Bonchev–Trinajstić information content (AvgIpc) is 1.97. The lowest BCUT2D eigenvalue weighted by molar-refractivity contribution is 0.422. The zero-order valence-corrected chi connectivity index (χ0v) is 8.52. The van der Waals surface area contributed by atoms with Crippen LogP contribution in [0.25, 0.3) is 0 Å². The SMILES string of the molecule is CC(C)c1c(Br)ccc(F)c1O. The molecule has 0 saturated heterocycles. The van der Waals surface area contributed by atoms with Gasteiger partial charge < -0.3 is 5.11 Å². The van der Waals surface area contributed by atoms with E-state index in [4.69, 9.17) is 0 Å². The van der Waals surface area contributed by atoms with Crippen LogP contribution in [-0.4, -0.2) is 5.11 Å². The molecule has 0 heterocycles. The van der Waals surface area contributed by atoms with Crippen molar-refractivity contribution >= 4 is 15.9 Å². The molecule has 0 radical (unpaired) electrons. The second kappa shape index (κ2) is 3.44. The highest BCUT2D eigenvalue weighted by molar-refractivity contribution is 9.10. The molecule has 0 saturated carbocycles. The van der Waals surface area contributed by atoms with Crippen molar-refractivity contribution in [3.8, 4) is 5.75 Å². The summed E-state index contributed by atoms with van der Waals surface area (Å²) in [6, 6.07) is 2.84. The number of hydrogen-bond acceptors (Lipinski definition) is 1. The minimum absolute atomic E-state index is 0.107. The molecule has 12 heavy (non-hydrogen) atoms. The van der Waals surface area contributed by atoms with Gasteiger partial charge in [-0.2, -0.15) is 0 Å². The van der Waals surface area contributed by atoms with Gasteiger partial charge in [0, 0.05) is 10.0 Å². The van der Waals surface area contributed by atoms with Crippen LogP contribution in [0.3, 0.4) is 0 Å². The molecule has 1 nitrogen and oxygen atoms in total. The highest BCUT2D eigenvalue weighted by Crippen LogP contribution is 2.34. The van der Waals surface area contributed by atoms with Crippen molar-refractivity contribution in [1.29, 1.82) is 0 Å². The first kappa shape index (κ1) is 9.52. The number of phenols is 1. The van der Waals surface area contributed by atoms with E-state index in [0.29, 0.717) is 5.56 Å². The van der Waals surface area contributed by atoms with Gasteiger partial charge in [-0.1, -0.05) is 29.8 Å². The van der Waals surface area contributed by atoms with Crippen molar-refractivity contribution in [2.45, 2.75) is 19.8 Å². The van der Waals surface area contributed by atoms with E-state index < -0.39 is 5.82 Å². The van der Waals surface area contributed by atoms with Gasteiger partial charge in [0.1, 0.15) is 0 Å². The Morgan fingerprint density at radius 1 is 1.42 bits per heavy atom. The number of aromatic hydroxyl groups is 1. The smallest absolute Gasteiger partial charge is 0.165 e. The summed E-state index contributed by atoms with van der Waals surface area (Å²) in [7, 11) is 0. The molecule has 1 N–H and O–H groups in total. The third kappa shape index (κ3) is 1.61. The Balaban J connectivity index is 3.33.